The monoisotopic (exact) mass is 424 g/mol. The van der Waals surface area contributed by atoms with Crippen LogP contribution in [0.2, 0.25) is 10.0 Å². The predicted molar refractivity (Wildman–Crippen MR) is 122 cm³/mol. The average Bonchev–Trinajstić information content (AvgIpc) is 3.22. The number of amidine groups is 1. The minimum absolute atomic E-state index is 0.164. The van der Waals surface area contributed by atoms with E-state index in [4.69, 9.17) is 39.1 Å². The standard InChI is InChI=1S/C22H18Cl2N4O/c23-11-3-5-17-13(8-11)15-10-16-14-9-12(24)4-6-18(14)28-21(16)22(20(15)27-17)29-7-1-2-19(25)26/h3-6,8-10,27-28H,1-2,7H2,(H3,25,26). The lowest BCUT2D eigenvalue weighted by molar-refractivity contribution is 0.319. The van der Waals surface area contributed by atoms with Crippen molar-refractivity contribution >= 4 is 72.6 Å². The highest BCUT2D eigenvalue weighted by Crippen LogP contribution is 2.41. The number of halogens is 2. The third-order valence-corrected chi connectivity index (χ3v) is 5.65. The molecule has 7 heteroatoms. The number of ether oxygens (including phenoxy) is 1. The van der Waals surface area contributed by atoms with E-state index in [1.165, 1.54) is 0 Å². The number of fused-ring (bicyclic) bond motifs is 6. The second-order valence-corrected chi connectivity index (χ2v) is 8.03. The Balaban J connectivity index is 1.79. The van der Waals surface area contributed by atoms with Crippen LogP contribution in [0.25, 0.3) is 43.6 Å². The van der Waals surface area contributed by atoms with Gasteiger partial charge in [0.05, 0.1) is 23.5 Å². The van der Waals surface area contributed by atoms with Gasteiger partial charge < -0.3 is 20.4 Å². The molecule has 0 bridgehead atoms. The lowest BCUT2D eigenvalue weighted by atomic mass is 10.1. The van der Waals surface area contributed by atoms with Gasteiger partial charge in [0.25, 0.3) is 0 Å². The summed E-state index contributed by atoms with van der Waals surface area (Å²) in [5.41, 5.74) is 9.29. The van der Waals surface area contributed by atoms with Gasteiger partial charge in [-0.25, -0.2) is 0 Å². The fourth-order valence-electron chi connectivity index (χ4n) is 3.88. The highest BCUT2D eigenvalue weighted by atomic mass is 35.5. The predicted octanol–water partition coefficient (Wildman–Crippen LogP) is 6.36. The molecule has 0 fully saturated rings. The molecule has 0 aliphatic carbocycles. The molecule has 0 atom stereocenters. The van der Waals surface area contributed by atoms with Crippen molar-refractivity contribution in [2.75, 3.05) is 6.61 Å². The first-order valence-corrected chi connectivity index (χ1v) is 10.1. The van der Waals surface area contributed by atoms with Gasteiger partial charge in [-0.2, -0.15) is 0 Å². The van der Waals surface area contributed by atoms with Crippen molar-refractivity contribution in [3.05, 3.63) is 52.5 Å². The zero-order valence-electron chi connectivity index (χ0n) is 15.4. The summed E-state index contributed by atoms with van der Waals surface area (Å²) in [5.74, 6) is 0.915. The normalized spacial score (nSPS) is 11.8. The quantitative estimate of drug-likeness (QED) is 0.150. The minimum atomic E-state index is 0.164. The van der Waals surface area contributed by atoms with Crippen molar-refractivity contribution in [2.24, 2.45) is 5.73 Å². The van der Waals surface area contributed by atoms with E-state index in [0.717, 1.165) is 49.4 Å². The summed E-state index contributed by atoms with van der Waals surface area (Å²) in [6, 6.07) is 13.8. The fraction of sp³-hybridized carbons (Fsp3) is 0.136. The molecule has 0 aliphatic rings. The van der Waals surface area contributed by atoms with Gasteiger partial charge in [-0.15, -0.1) is 0 Å². The van der Waals surface area contributed by atoms with Crippen molar-refractivity contribution in [3.8, 4) is 5.75 Å². The molecule has 0 unspecified atom stereocenters. The Hall–Kier alpha value is -2.89. The van der Waals surface area contributed by atoms with Gasteiger partial charge in [0.15, 0.2) is 5.75 Å². The zero-order valence-corrected chi connectivity index (χ0v) is 16.9. The number of H-pyrrole nitrogens is 2. The van der Waals surface area contributed by atoms with Crippen LogP contribution in [-0.2, 0) is 0 Å². The van der Waals surface area contributed by atoms with E-state index in [1.54, 1.807) is 0 Å². The highest BCUT2D eigenvalue weighted by Gasteiger charge is 2.18. The first-order valence-electron chi connectivity index (χ1n) is 9.32. The highest BCUT2D eigenvalue weighted by molar-refractivity contribution is 6.33. The van der Waals surface area contributed by atoms with Gasteiger partial charge in [-0.05, 0) is 48.9 Å². The van der Waals surface area contributed by atoms with Crippen LogP contribution in [-0.4, -0.2) is 22.4 Å². The van der Waals surface area contributed by atoms with Gasteiger partial charge in [-0.3, -0.25) is 5.41 Å². The summed E-state index contributed by atoms with van der Waals surface area (Å²) in [6.45, 7) is 0.458. The van der Waals surface area contributed by atoms with E-state index in [0.29, 0.717) is 29.5 Å². The number of hydrogen-bond donors (Lipinski definition) is 4. The molecule has 0 saturated heterocycles. The molecule has 2 aromatic heterocycles. The van der Waals surface area contributed by atoms with Crippen LogP contribution in [0.5, 0.6) is 5.75 Å². The Morgan fingerprint density at radius 1 is 0.862 bits per heavy atom. The molecule has 5 nitrogen and oxygen atoms in total. The first-order chi connectivity index (χ1) is 14.0. The molecule has 0 saturated carbocycles. The number of aromatic amines is 2. The number of hydrogen-bond acceptors (Lipinski definition) is 2. The van der Waals surface area contributed by atoms with E-state index in [2.05, 4.69) is 16.0 Å². The Labute approximate surface area is 176 Å². The van der Waals surface area contributed by atoms with E-state index in [1.807, 2.05) is 36.4 Å². The Kier molecular flexibility index (Phi) is 4.30. The van der Waals surface area contributed by atoms with Gasteiger partial charge in [0.1, 0.15) is 0 Å². The number of nitrogens with two attached hydrogens (primary N) is 1. The van der Waals surface area contributed by atoms with E-state index in [-0.39, 0.29) is 5.84 Å². The minimum Gasteiger partial charge on any atom is -0.489 e. The largest absolute Gasteiger partial charge is 0.489 e. The molecule has 3 aromatic carbocycles. The summed E-state index contributed by atoms with van der Waals surface area (Å²) in [7, 11) is 0. The maximum absolute atomic E-state index is 7.41. The number of benzene rings is 3. The van der Waals surface area contributed by atoms with Gasteiger partial charge in [-0.1, -0.05) is 23.2 Å². The maximum Gasteiger partial charge on any atom is 0.167 e. The summed E-state index contributed by atoms with van der Waals surface area (Å²) in [6.07, 6.45) is 1.18. The molecule has 0 spiro atoms. The average molecular weight is 425 g/mol. The maximum atomic E-state index is 7.41. The summed E-state index contributed by atoms with van der Waals surface area (Å²) >= 11 is 12.5. The van der Waals surface area contributed by atoms with E-state index in [9.17, 15) is 0 Å². The summed E-state index contributed by atoms with van der Waals surface area (Å²) < 4.78 is 6.22. The molecular weight excluding hydrogens is 407 g/mol. The van der Waals surface area contributed by atoms with Crippen LogP contribution in [0.15, 0.2) is 42.5 Å². The van der Waals surface area contributed by atoms with Crippen molar-refractivity contribution in [1.82, 2.24) is 9.97 Å². The molecule has 146 valence electrons. The van der Waals surface area contributed by atoms with Gasteiger partial charge in [0.2, 0.25) is 0 Å². The van der Waals surface area contributed by atoms with Crippen molar-refractivity contribution in [1.29, 1.82) is 5.41 Å². The Bertz CT molecular complexity index is 1320. The smallest absolute Gasteiger partial charge is 0.167 e. The molecule has 5 N–H and O–H groups in total. The second kappa shape index (κ2) is 6.87. The Morgan fingerprint density at radius 3 is 1.93 bits per heavy atom. The topological polar surface area (TPSA) is 90.7 Å². The van der Waals surface area contributed by atoms with Gasteiger partial charge in [0, 0.05) is 49.0 Å². The lowest BCUT2D eigenvalue weighted by Gasteiger charge is -2.09. The molecule has 29 heavy (non-hydrogen) atoms. The van der Waals surface area contributed by atoms with Crippen molar-refractivity contribution in [3.63, 3.8) is 0 Å². The second-order valence-electron chi connectivity index (χ2n) is 7.16. The number of aromatic nitrogens is 2. The van der Waals surface area contributed by atoms with Crippen molar-refractivity contribution in [2.45, 2.75) is 12.8 Å². The molecule has 0 aliphatic heterocycles. The molecule has 5 aromatic rings. The third kappa shape index (κ3) is 3.07. The van der Waals surface area contributed by atoms with Crippen molar-refractivity contribution < 1.29 is 4.74 Å². The van der Waals surface area contributed by atoms with Gasteiger partial charge >= 0.3 is 0 Å². The van der Waals surface area contributed by atoms with E-state index >= 15 is 0 Å². The lowest BCUT2D eigenvalue weighted by Crippen LogP contribution is -2.11. The Morgan fingerprint density at radius 2 is 1.41 bits per heavy atom. The molecule has 2 heterocycles. The molecule has 0 amide bonds. The molecule has 5 rings (SSSR count). The van der Waals surface area contributed by atoms with Crippen LogP contribution in [0.1, 0.15) is 12.8 Å². The fourth-order valence-corrected chi connectivity index (χ4v) is 4.22. The number of nitrogens with one attached hydrogen (secondary N) is 3. The zero-order chi connectivity index (χ0) is 20.1. The molecular formula is C22H18Cl2N4O. The summed E-state index contributed by atoms with van der Waals surface area (Å²) in [4.78, 5) is 6.95. The third-order valence-electron chi connectivity index (χ3n) is 5.18. The SMILES string of the molecule is N=C(N)CCCOc1c2[nH]c3ccc(Cl)cc3c2cc2c1[nH]c1ccc(Cl)cc12. The molecule has 0 radical (unpaired) electrons. The number of rotatable bonds is 5. The van der Waals surface area contributed by atoms with Crippen LogP contribution in [0, 0.1) is 5.41 Å². The van der Waals surface area contributed by atoms with Crippen LogP contribution >= 0.6 is 23.2 Å². The van der Waals surface area contributed by atoms with E-state index < -0.39 is 0 Å². The van der Waals surface area contributed by atoms with Crippen LogP contribution in [0.4, 0.5) is 0 Å². The van der Waals surface area contributed by atoms with Crippen LogP contribution < -0.4 is 10.5 Å². The first kappa shape index (κ1) is 18.2. The van der Waals surface area contributed by atoms with Crippen LogP contribution in [0.3, 0.4) is 0 Å². The summed E-state index contributed by atoms with van der Waals surface area (Å²) in [5, 5.41) is 12.9.